The van der Waals surface area contributed by atoms with Crippen molar-refractivity contribution in [1.82, 2.24) is 19.6 Å². The predicted molar refractivity (Wildman–Crippen MR) is 174 cm³/mol. The van der Waals surface area contributed by atoms with E-state index in [1.165, 1.54) is 34.1 Å². The maximum Gasteiger partial charge on any atom is 0.416 e. The van der Waals surface area contributed by atoms with Crippen LogP contribution in [0.1, 0.15) is 36.1 Å². The number of piperazine rings is 2. The molecule has 0 spiro atoms. The summed E-state index contributed by atoms with van der Waals surface area (Å²) in [5, 5.41) is 0. The second kappa shape index (κ2) is 17.0. The molecule has 2 saturated heterocycles. The van der Waals surface area contributed by atoms with Crippen molar-refractivity contribution in [2.24, 2.45) is 11.5 Å². The zero-order valence-corrected chi connectivity index (χ0v) is 29.1. The van der Waals surface area contributed by atoms with Gasteiger partial charge in [-0.05, 0) is 62.1 Å². The van der Waals surface area contributed by atoms with E-state index in [9.17, 15) is 55.1 Å². The molecule has 2 aliphatic heterocycles. The van der Waals surface area contributed by atoms with Gasteiger partial charge in [-0.1, -0.05) is 24.3 Å². The number of alkyl halides is 6. The lowest BCUT2D eigenvalue weighted by molar-refractivity contribution is -0.169. The summed E-state index contributed by atoms with van der Waals surface area (Å²) < 4.78 is 86.9. The highest BCUT2D eigenvalue weighted by Gasteiger charge is 2.40. The molecule has 0 radical (unpaired) electrons. The molecule has 2 fully saturated rings. The summed E-state index contributed by atoms with van der Waals surface area (Å²) in [6.07, 6.45) is -9.38. The quantitative estimate of drug-likeness (QED) is 0.169. The van der Waals surface area contributed by atoms with Crippen LogP contribution in [-0.4, -0.2) is 119 Å². The van der Waals surface area contributed by atoms with Gasteiger partial charge in [0.1, 0.15) is 12.1 Å². The van der Waals surface area contributed by atoms with Crippen LogP contribution in [0.3, 0.4) is 0 Å². The van der Waals surface area contributed by atoms with Gasteiger partial charge >= 0.3 is 24.3 Å². The third-order valence-electron chi connectivity index (χ3n) is 9.16. The number of hydrogen-bond donors (Lipinski definition) is 2. The molecule has 0 unspecified atom stereocenters. The monoisotopic (exact) mass is 772 g/mol. The molecular weight excluding hydrogens is 734 g/mol. The van der Waals surface area contributed by atoms with E-state index in [2.05, 4.69) is 0 Å². The topological polar surface area (TPSA) is 186 Å². The van der Waals surface area contributed by atoms with E-state index in [0.29, 0.717) is 11.1 Å². The Hall–Kier alpha value is -4.92. The first-order valence-electron chi connectivity index (χ1n) is 16.5. The number of carbonyl (C=O) groups excluding carboxylic acids is 6. The molecule has 2 heterocycles. The Balaban J connectivity index is 1.22. The molecule has 4 rings (SSSR count). The van der Waals surface area contributed by atoms with Gasteiger partial charge in [-0.3, -0.25) is 38.6 Å². The van der Waals surface area contributed by atoms with E-state index in [-0.39, 0.29) is 39.0 Å². The summed E-state index contributed by atoms with van der Waals surface area (Å²) in [4.78, 5) is 81.0. The smallest absolute Gasteiger partial charge is 0.416 e. The molecular formula is C34H38F6N6O8. The van der Waals surface area contributed by atoms with Crippen LogP contribution in [0.5, 0.6) is 0 Å². The van der Waals surface area contributed by atoms with Crippen LogP contribution in [0.15, 0.2) is 48.5 Å². The fraction of sp³-hybridized carbons (Fsp3) is 0.471. The number of esters is 2. The van der Waals surface area contributed by atoms with E-state index in [0.717, 1.165) is 34.1 Å². The number of benzene rings is 2. The van der Waals surface area contributed by atoms with Crippen LogP contribution in [0.4, 0.5) is 26.3 Å². The van der Waals surface area contributed by atoms with Crippen LogP contribution in [0.25, 0.3) is 0 Å². The van der Waals surface area contributed by atoms with Gasteiger partial charge in [0.15, 0.2) is 13.5 Å². The maximum atomic E-state index is 12.9. The summed E-state index contributed by atoms with van der Waals surface area (Å²) in [6, 6.07) is 4.41. The molecule has 14 nitrogen and oxygen atoms in total. The molecule has 0 saturated carbocycles. The Morgan fingerprint density at radius 3 is 1.13 bits per heavy atom. The van der Waals surface area contributed by atoms with Crippen molar-refractivity contribution in [3.05, 3.63) is 70.8 Å². The Bertz CT molecular complexity index is 1560. The largest absolute Gasteiger partial charge is 0.443 e. The number of ether oxygens (including phenoxy) is 2. The number of hydrogen-bond acceptors (Lipinski definition) is 12. The standard InChI is InChI=1S/C34H38F6N6O8/c1-19(43-13-27(47)45(28(48)14-43)17-53-31(51)25(41)11-21-3-7-23(8-4-21)33(35,36)37)20(2)44-15-29(49)46(30(50)16-44)18-54-32(52)26(42)12-22-5-9-24(10-6-22)34(38,39)40/h3-10,19-20,25-26H,11-18,41-42H2,1-2H3/t19-,20+,25-,26-/m0/s1. The minimum atomic E-state index is -4.53. The lowest BCUT2D eigenvalue weighted by atomic mass is 10.0. The first-order valence-corrected chi connectivity index (χ1v) is 16.5. The van der Waals surface area contributed by atoms with Gasteiger partial charge in [-0.2, -0.15) is 26.3 Å². The van der Waals surface area contributed by atoms with Crippen LogP contribution in [-0.2, 0) is 63.4 Å². The van der Waals surface area contributed by atoms with E-state index >= 15 is 0 Å². The van der Waals surface area contributed by atoms with Gasteiger partial charge in [0.2, 0.25) is 23.6 Å². The Kier molecular flexibility index (Phi) is 13.2. The molecule has 294 valence electrons. The number of nitrogens with zero attached hydrogens (tertiary/aromatic N) is 4. The van der Waals surface area contributed by atoms with Gasteiger partial charge in [0.25, 0.3) is 0 Å². The van der Waals surface area contributed by atoms with Crippen LogP contribution in [0.2, 0.25) is 0 Å². The highest BCUT2D eigenvalue weighted by Crippen LogP contribution is 2.30. The van der Waals surface area contributed by atoms with Crippen molar-refractivity contribution in [3.63, 3.8) is 0 Å². The highest BCUT2D eigenvalue weighted by atomic mass is 19.4. The molecule has 2 aliphatic rings. The van der Waals surface area contributed by atoms with Gasteiger partial charge in [0, 0.05) is 12.1 Å². The number of halogens is 6. The predicted octanol–water partition coefficient (Wildman–Crippen LogP) is 1.28. The lowest BCUT2D eigenvalue weighted by Crippen LogP contribution is -2.63. The lowest BCUT2D eigenvalue weighted by Gasteiger charge is -2.43. The molecule has 2 aromatic rings. The minimum absolute atomic E-state index is 0.157. The second-order valence-corrected chi connectivity index (χ2v) is 12.9. The number of carbonyl (C=O) groups is 6. The van der Waals surface area contributed by atoms with E-state index in [4.69, 9.17) is 20.9 Å². The van der Waals surface area contributed by atoms with Gasteiger partial charge < -0.3 is 20.9 Å². The fourth-order valence-electron chi connectivity index (χ4n) is 5.71. The zero-order valence-electron chi connectivity index (χ0n) is 29.1. The Labute approximate surface area is 304 Å². The average Bonchev–Trinajstić information content (AvgIpc) is 3.09. The second-order valence-electron chi connectivity index (χ2n) is 12.9. The van der Waals surface area contributed by atoms with Crippen molar-refractivity contribution >= 4 is 35.6 Å². The summed E-state index contributed by atoms with van der Waals surface area (Å²) in [7, 11) is 0. The van der Waals surface area contributed by atoms with Crippen molar-refractivity contribution in [2.45, 2.75) is 63.2 Å². The van der Waals surface area contributed by atoms with Crippen molar-refractivity contribution in [2.75, 3.05) is 39.6 Å². The fourth-order valence-corrected chi connectivity index (χ4v) is 5.71. The average molecular weight is 773 g/mol. The van der Waals surface area contributed by atoms with Crippen LogP contribution >= 0.6 is 0 Å². The molecule has 4 amide bonds. The van der Waals surface area contributed by atoms with Crippen LogP contribution in [0, 0.1) is 0 Å². The highest BCUT2D eigenvalue weighted by molar-refractivity contribution is 6.00. The van der Waals surface area contributed by atoms with Gasteiger partial charge in [0.05, 0.1) is 37.3 Å². The van der Waals surface area contributed by atoms with Crippen LogP contribution < -0.4 is 11.5 Å². The van der Waals surface area contributed by atoms with Gasteiger partial charge in [-0.25, -0.2) is 9.80 Å². The Morgan fingerprint density at radius 1 is 0.593 bits per heavy atom. The zero-order chi connectivity index (χ0) is 40.1. The molecule has 4 atom stereocenters. The van der Waals surface area contributed by atoms with Gasteiger partial charge in [-0.15, -0.1) is 0 Å². The number of imide groups is 2. The molecule has 0 aliphatic carbocycles. The van der Waals surface area contributed by atoms with E-state index < -0.39 is 96.7 Å². The molecule has 20 heteroatoms. The Morgan fingerprint density at radius 2 is 0.870 bits per heavy atom. The first-order chi connectivity index (χ1) is 25.1. The summed E-state index contributed by atoms with van der Waals surface area (Å²) >= 11 is 0. The maximum absolute atomic E-state index is 12.9. The summed E-state index contributed by atoms with van der Waals surface area (Å²) in [5.74, 6) is -4.78. The molecule has 2 aromatic carbocycles. The number of nitrogens with two attached hydrogens (primary N) is 2. The van der Waals surface area contributed by atoms with E-state index in [1.807, 2.05) is 0 Å². The number of rotatable bonds is 13. The minimum Gasteiger partial charge on any atom is -0.443 e. The SMILES string of the molecule is C[C@H]([C@H](C)N1CC(=O)N(COC(=O)[C@@H](N)Cc2ccc(C(F)(F)F)cc2)C(=O)C1)N1CC(=O)N(COC(=O)[C@@H](N)Cc2ccc(C(F)(F)F)cc2)C(=O)C1. The third kappa shape index (κ3) is 10.6. The summed E-state index contributed by atoms with van der Waals surface area (Å²) in [5.41, 5.74) is 10.6. The number of amides is 4. The van der Waals surface area contributed by atoms with E-state index in [1.54, 1.807) is 13.8 Å². The normalized spacial score (nSPS) is 18.7. The molecule has 0 aromatic heterocycles. The van der Waals surface area contributed by atoms with Crippen molar-refractivity contribution in [3.8, 4) is 0 Å². The van der Waals surface area contributed by atoms with Crippen molar-refractivity contribution in [1.29, 1.82) is 0 Å². The molecule has 4 N–H and O–H groups in total. The first kappa shape index (κ1) is 41.8. The molecule has 0 bridgehead atoms. The summed E-state index contributed by atoms with van der Waals surface area (Å²) in [6.45, 7) is 0.779. The molecule has 54 heavy (non-hydrogen) atoms. The third-order valence-corrected chi connectivity index (χ3v) is 9.16. The van der Waals surface area contributed by atoms with Crippen molar-refractivity contribution < 1.29 is 64.6 Å².